The first-order valence-electron chi connectivity index (χ1n) is 5.00. The molecule has 0 saturated carbocycles. The van der Waals surface area contributed by atoms with E-state index in [0.717, 1.165) is 12.1 Å². The van der Waals surface area contributed by atoms with Gasteiger partial charge in [-0.05, 0) is 15.9 Å². The lowest BCUT2D eigenvalue weighted by molar-refractivity contribution is -0.384. The zero-order chi connectivity index (χ0) is 13.7. The fourth-order valence-electron chi connectivity index (χ4n) is 1.31. The monoisotopic (exact) mass is 322 g/mol. The number of halogens is 2. The number of hydrogen-bond acceptors (Lipinski definition) is 5. The molecule has 1 atom stereocenters. The summed E-state index contributed by atoms with van der Waals surface area (Å²) < 4.78 is 18.0. The fourth-order valence-corrected chi connectivity index (χ4v) is 1.64. The Kier molecular flexibility index (Phi) is 5.45. The highest BCUT2D eigenvalue weighted by Crippen LogP contribution is 2.30. The Morgan fingerprint density at radius 1 is 1.67 bits per heavy atom. The number of rotatable bonds is 6. The number of nitrogens with zero attached hydrogens (tertiary/aromatic N) is 1. The highest BCUT2D eigenvalue weighted by atomic mass is 79.9. The molecule has 0 bridgehead atoms. The first-order valence-corrected chi connectivity index (χ1v) is 5.79. The van der Waals surface area contributed by atoms with Gasteiger partial charge < -0.3 is 15.2 Å². The molecule has 1 aromatic carbocycles. The van der Waals surface area contributed by atoms with Crippen LogP contribution in [0.5, 0.6) is 0 Å². The molecule has 8 heteroatoms. The van der Waals surface area contributed by atoms with Gasteiger partial charge in [0.15, 0.2) is 0 Å². The van der Waals surface area contributed by atoms with Crippen LogP contribution in [0.3, 0.4) is 0 Å². The molecule has 0 aliphatic carbocycles. The largest absolute Gasteiger partial charge is 0.389 e. The van der Waals surface area contributed by atoms with Gasteiger partial charge in [0.25, 0.3) is 5.69 Å². The maximum absolute atomic E-state index is 13.3. The van der Waals surface area contributed by atoms with Gasteiger partial charge in [-0.25, -0.2) is 4.39 Å². The number of anilines is 1. The van der Waals surface area contributed by atoms with E-state index >= 15 is 0 Å². The summed E-state index contributed by atoms with van der Waals surface area (Å²) in [4.78, 5) is 10.2. The highest BCUT2D eigenvalue weighted by Gasteiger charge is 2.18. The summed E-state index contributed by atoms with van der Waals surface area (Å²) in [5, 5.41) is 22.8. The fraction of sp³-hybridized carbons (Fsp3) is 0.400. The molecule has 1 aromatic rings. The smallest absolute Gasteiger partial charge is 0.293 e. The van der Waals surface area contributed by atoms with E-state index in [9.17, 15) is 19.6 Å². The molecule has 0 aliphatic rings. The lowest BCUT2D eigenvalue weighted by Gasteiger charge is -2.12. The van der Waals surface area contributed by atoms with E-state index in [1.165, 1.54) is 7.11 Å². The Bertz CT molecular complexity index is 444. The molecule has 0 heterocycles. The van der Waals surface area contributed by atoms with Gasteiger partial charge in [0.2, 0.25) is 0 Å². The molecule has 1 unspecified atom stereocenters. The molecule has 100 valence electrons. The van der Waals surface area contributed by atoms with Crippen LogP contribution in [0.15, 0.2) is 16.6 Å². The Morgan fingerprint density at radius 3 is 2.89 bits per heavy atom. The molecule has 0 aromatic heterocycles. The van der Waals surface area contributed by atoms with Crippen molar-refractivity contribution in [1.82, 2.24) is 0 Å². The summed E-state index contributed by atoms with van der Waals surface area (Å²) in [5.41, 5.74) is -0.260. The van der Waals surface area contributed by atoms with Crippen molar-refractivity contribution in [3.05, 3.63) is 32.5 Å². The number of nitro groups is 1. The second kappa shape index (κ2) is 6.62. The van der Waals surface area contributed by atoms with Gasteiger partial charge in [-0.1, -0.05) is 0 Å². The molecule has 0 saturated heterocycles. The van der Waals surface area contributed by atoms with Crippen molar-refractivity contribution in [2.45, 2.75) is 6.10 Å². The first kappa shape index (κ1) is 14.8. The van der Waals surface area contributed by atoms with Crippen LogP contribution < -0.4 is 5.32 Å². The average Bonchev–Trinajstić information content (AvgIpc) is 2.30. The maximum atomic E-state index is 13.3. The Morgan fingerprint density at radius 2 is 2.33 bits per heavy atom. The van der Waals surface area contributed by atoms with Gasteiger partial charge in [-0.2, -0.15) is 0 Å². The summed E-state index contributed by atoms with van der Waals surface area (Å²) in [6.45, 7) is 0.107. The summed E-state index contributed by atoms with van der Waals surface area (Å²) in [6, 6.07) is 2.07. The van der Waals surface area contributed by atoms with Crippen molar-refractivity contribution in [2.75, 3.05) is 25.6 Å². The van der Waals surface area contributed by atoms with Crippen molar-refractivity contribution < 1.29 is 19.2 Å². The quantitative estimate of drug-likeness (QED) is 0.617. The normalized spacial score (nSPS) is 12.2. The third-order valence-corrected chi connectivity index (χ3v) is 2.73. The second-order valence-corrected chi connectivity index (χ2v) is 4.38. The van der Waals surface area contributed by atoms with Gasteiger partial charge in [-0.3, -0.25) is 10.1 Å². The number of aliphatic hydroxyl groups is 1. The minimum atomic E-state index is -0.832. The summed E-state index contributed by atoms with van der Waals surface area (Å²) in [7, 11) is 1.42. The Labute approximate surface area is 111 Å². The standard InChI is InChI=1S/C10H12BrFN2O4/c1-18-5-6(15)4-13-9-3-8(12)7(11)2-10(9)14(16)17/h2-3,6,13,15H,4-5H2,1H3. The number of methoxy groups -OCH3 is 1. The van der Waals surface area contributed by atoms with Crippen LogP contribution in [-0.4, -0.2) is 36.4 Å². The summed E-state index contributed by atoms with van der Waals surface area (Å²) in [5.74, 6) is -0.621. The SMILES string of the molecule is COCC(O)CNc1cc(F)c(Br)cc1[N+](=O)[O-]. The zero-order valence-corrected chi connectivity index (χ0v) is 11.1. The Balaban J connectivity index is 2.86. The van der Waals surface area contributed by atoms with Crippen LogP contribution >= 0.6 is 15.9 Å². The van der Waals surface area contributed by atoms with E-state index in [1.54, 1.807) is 0 Å². The maximum Gasteiger partial charge on any atom is 0.293 e. The van der Waals surface area contributed by atoms with Crippen molar-refractivity contribution >= 4 is 27.3 Å². The lowest BCUT2D eigenvalue weighted by Crippen LogP contribution is -2.24. The summed E-state index contributed by atoms with van der Waals surface area (Å²) >= 11 is 2.88. The molecule has 18 heavy (non-hydrogen) atoms. The van der Waals surface area contributed by atoms with Crippen LogP contribution in [0.1, 0.15) is 0 Å². The van der Waals surface area contributed by atoms with E-state index in [4.69, 9.17) is 4.74 Å². The van der Waals surface area contributed by atoms with Crippen molar-refractivity contribution in [1.29, 1.82) is 0 Å². The molecule has 0 aliphatic heterocycles. The van der Waals surface area contributed by atoms with Gasteiger partial charge in [-0.15, -0.1) is 0 Å². The van der Waals surface area contributed by atoms with E-state index < -0.39 is 16.8 Å². The number of nitrogens with one attached hydrogen (secondary N) is 1. The molecular formula is C10H12BrFN2O4. The molecular weight excluding hydrogens is 311 g/mol. The molecule has 0 amide bonds. The highest BCUT2D eigenvalue weighted by molar-refractivity contribution is 9.10. The number of benzene rings is 1. The molecule has 0 fully saturated rings. The van der Waals surface area contributed by atoms with E-state index in [0.29, 0.717) is 0 Å². The van der Waals surface area contributed by atoms with E-state index in [2.05, 4.69) is 21.2 Å². The molecule has 6 nitrogen and oxygen atoms in total. The third kappa shape index (κ3) is 3.90. The minimum absolute atomic E-state index is 0.0100. The van der Waals surface area contributed by atoms with E-state index in [1.807, 2.05) is 0 Å². The predicted molar refractivity (Wildman–Crippen MR) is 67.1 cm³/mol. The third-order valence-electron chi connectivity index (χ3n) is 2.12. The van der Waals surface area contributed by atoms with Crippen LogP contribution in [-0.2, 0) is 4.74 Å². The number of aliphatic hydroxyl groups excluding tert-OH is 1. The number of hydrogen-bond donors (Lipinski definition) is 2. The second-order valence-electron chi connectivity index (χ2n) is 3.53. The Hall–Kier alpha value is -1.25. The molecule has 2 N–H and O–H groups in total. The van der Waals surface area contributed by atoms with Crippen LogP contribution in [0.25, 0.3) is 0 Å². The van der Waals surface area contributed by atoms with Crippen LogP contribution in [0.2, 0.25) is 0 Å². The first-order chi connectivity index (χ1) is 8.45. The van der Waals surface area contributed by atoms with Gasteiger partial charge in [0, 0.05) is 25.8 Å². The van der Waals surface area contributed by atoms with Crippen LogP contribution in [0, 0.1) is 15.9 Å². The number of ether oxygens (including phenoxy) is 1. The van der Waals surface area contributed by atoms with Gasteiger partial charge in [0.05, 0.1) is 22.1 Å². The molecule has 0 radical (unpaired) electrons. The molecule has 0 spiro atoms. The summed E-state index contributed by atoms with van der Waals surface area (Å²) in [6.07, 6.45) is -0.832. The topological polar surface area (TPSA) is 84.6 Å². The minimum Gasteiger partial charge on any atom is -0.389 e. The average molecular weight is 323 g/mol. The van der Waals surface area contributed by atoms with Crippen molar-refractivity contribution in [3.63, 3.8) is 0 Å². The lowest BCUT2D eigenvalue weighted by atomic mass is 10.2. The van der Waals surface area contributed by atoms with Gasteiger partial charge >= 0.3 is 0 Å². The van der Waals surface area contributed by atoms with Gasteiger partial charge in [0.1, 0.15) is 11.5 Å². The predicted octanol–water partition coefficient (Wildman–Crippen LogP) is 1.92. The van der Waals surface area contributed by atoms with Crippen molar-refractivity contribution in [2.24, 2.45) is 0 Å². The molecule has 1 rings (SSSR count). The van der Waals surface area contributed by atoms with E-state index in [-0.39, 0.29) is 29.0 Å². The number of nitro benzene ring substituents is 1. The van der Waals surface area contributed by atoms with Crippen LogP contribution in [0.4, 0.5) is 15.8 Å². The van der Waals surface area contributed by atoms with Crippen molar-refractivity contribution in [3.8, 4) is 0 Å². The zero-order valence-electron chi connectivity index (χ0n) is 9.52.